The predicted molar refractivity (Wildman–Crippen MR) is 173 cm³/mol. The van der Waals surface area contributed by atoms with Gasteiger partial charge in [0.15, 0.2) is 11.8 Å². The Bertz CT molecular complexity index is 1920. The van der Waals surface area contributed by atoms with Crippen molar-refractivity contribution in [2.24, 2.45) is 5.92 Å². The number of aromatic nitrogens is 5. The fraction of sp³-hybridized carbons (Fsp3) is 0.424. The first kappa shape index (κ1) is 34.5. The standard InChI is InChI=1S/C33H36N8O9/c1-39(15-19-8-4-5-9-22(19)38-32(47)50-31-27(44)25(42)26(43)28(49-31)30(45)46)33(48)40-13-11-21-24(35-17-36-29(21)40)20-14-37-41(16-20)23(10-12-34)18-6-2-3-7-18/h4-5,8-9,11,13-14,16-18,23,25-28,31,42-44H,2-3,6-7,10,15H2,1H3,(H,38,47)(H,45,46)/t23-,25+,26+,27-,28+,31+/m1/s1. The van der Waals surface area contributed by atoms with Crippen molar-refractivity contribution in [3.05, 3.63) is 60.8 Å². The van der Waals surface area contributed by atoms with E-state index in [0.717, 1.165) is 31.2 Å². The largest absolute Gasteiger partial charge is 0.479 e. The Hall–Kier alpha value is -5.41. The molecule has 1 aliphatic heterocycles. The normalized spacial score (nSPS) is 22.9. The summed E-state index contributed by atoms with van der Waals surface area (Å²) in [5, 5.41) is 56.5. The van der Waals surface area contributed by atoms with Crippen molar-refractivity contribution in [1.82, 2.24) is 29.2 Å². The number of para-hydroxylation sites is 1. The number of nitrogens with zero attached hydrogens (tertiary/aromatic N) is 7. The SMILES string of the molecule is CN(Cc1ccccc1NC(=O)O[C@@H]1O[C@H](C(=O)O)[C@@H](O)[C@H](O)[C@H]1O)C(=O)n1ccc2c(-c3cnn([C@H](CC#N)C4CCCC4)c3)ncnc21. The van der Waals surface area contributed by atoms with Crippen LogP contribution < -0.4 is 5.32 Å². The topological polar surface area (TPSA) is 238 Å². The van der Waals surface area contributed by atoms with Crippen LogP contribution in [0.3, 0.4) is 0 Å². The Balaban J connectivity index is 1.15. The van der Waals surface area contributed by atoms with Gasteiger partial charge in [-0.2, -0.15) is 10.4 Å². The molecule has 0 spiro atoms. The van der Waals surface area contributed by atoms with Gasteiger partial charge in [-0.15, -0.1) is 0 Å². The molecule has 0 bridgehead atoms. The molecule has 6 atom stereocenters. The van der Waals surface area contributed by atoms with Gasteiger partial charge in [-0.05, 0) is 36.5 Å². The van der Waals surface area contributed by atoms with Crippen LogP contribution in [0.25, 0.3) is 22.3 Å². The summed E-state index contributed by atoms with van der Waals surface area (Å²) in [6.45, 7) is 0.0235. The number of nitriles is 1. The third-order valence-electron chi connectivity index (χ3n) is 9.17. The molecule has 50 heavy (non-hydrogen) atoms. The number of ether oxygens (including phenoxy) is 2. The monoisotopic (exact) mass is 688 g/mol. The van der Waals surface area contributed by atoms with E-state index in [4.69, 9.17) is 9.47 Å². The lowest BCUT2D eigenvalue weighted by Crippen LogP contribution is -2.60. The van der Waals surface area contributed by atoms with E-state index in [-0.39, 0.29) is 18.3 Å². The van der Waals surface area contributed by atoms with Gasteiger partial charge in [0.2, 0.25) is 6.29 Å². The quantitative estimate of drug-likeness (QED) is 0.170. The third-order valence-corrected chi connectivity index (χ3v) is 9.17. The van der Waals surface area contributed by atoms with Crippen LogP contribution in [0.15, 0.2) is 55.2 Å². The predicted octanol–water partition coefficient (Wildman–Crippen LogP) is 2.48. The number of aliphatic carboxylic acids is 1. The van der Waals surface area contributed by atoms with E-state index in [1.807, 2.05) is 10.9 Å². The highest BCUT2D eigenvalue weighted by Gasteiger charge is 2.48. The van der Waals surface area contributed by atoms with Crippen molar-refractivity contribution in [3.63, 3.8) is 0 Å². The summed E-state index contributed by atoms with van der Waals surface area (Å²) in [6, 6.07) is 10.1. The molecule has 2 fully saturated rings. The van der Waals surface area contributed by atoms with Crippen LogP contribution >= 0.6 is 0 Å². The van der Waals surface area contributed by atoms with Crippen molar-refractivity contribution in [2.75, 3.05) is 12.4 Å². The number of aliphatic hydroxyl groups is 3. The first-order valence-corrected chi connectivity index (χ1v) is 16.0. The molecular weight excluding hydrogens is 652 g/mol. The average Bonchev–Trinajstić information content (AvgIpc) is 3.90. The van der Waals surface area contributed by atoms with Crippen LogP contribution in [-0.2, 0) is 20.8 Å². The van der Waals surface area contributed by atoms with Gasteiger partial charge in [-0.1, -0.05) is 31.0 Å². The summed E-state index contributed by atoms with van der Waals surface area (Å²) in [7, 11) is 1.57. The fourth-order valence-corrected chi connectivity index (χ4v) is 6.57. The maximum Gasteiger partial charge on any atom is 0.414 e. The van der Waals surface area contributed by atoms with Crippen molar-refractivity contribution in [1.29, 1.82) is 5.26 Å². The Labute approximate surface area is 285 Å². The summed E-state index contributed by atoms with van der Waals surface area (Å²) >= 11 is 0. The van der Waals surface area contributed by atoms with E-state index >= 15 is 0 Å². The molecule has 0 radical (unpaired) electrons. The second kappa shape index (κ2) is 14.6. The Kier molecular flexibility index (Phi) is 10.1. The molecule has 3 aromatic heterocycles. The maximum atomic E-state index is 13.7. The van der Waals surface area contributed by atoms with Gasteiger partial charge in [0.1, 0.15) is 24.6 Å². The smallest absolute Gasteiger partial charge is 0.414 e. The summed E-state index contributed by atoms with van der Waals surface area (Å²) in [4.78, 5) is 48.1. The lowest BCUT2D eigenvalue weighted by atomic mass is 9.96. The van der Waals surface area contributed by atoms with E-state index in [2.05, 4.69) is 26.5 Å². The Morgan fingerprint density at radius 2 is 1.88 bits per heavy atom. The van der Waals surface area contributed by atoms with Gasteiger partial charge in [-0.3, -0.25) is 14.6 Å². The summed E-state index contributed by atoms with van der Waals surface area (Å²) in [5.74, 6) is -1.23. The van der Waals surface area contributed by atoms with Gasteiger partial charge >= 0.3 is 18.1 Å². The van der Waals surface area contributed by atoms with Crippen LogP contribution in [0.4, 0.5) is 15.3 Å². The number of hydrogen-bond donors (Lipinski definition) is 5. The highest BCUT2D eigenvalue weighted by molar-refractivity contribution is 5.96. The zero-order valence-corrected chi connectivity index (χ0v) is 26.9. The molecule has 2 amide bonds. The van der Waals surface area contributed by atoms with Crippen LogP contribution in [0.5, 0.6) is 0 Å². The Morgan fingerprint density at radius 1 is 1.12 bits per heavy atom. The molecule has 1 saturated heterocycles. The van der Waals surface area contributed by atoms with E-state index in [1.54, 1.807) is 49.8 Å². The highest BCUT2D eigenvalue weighted by Crippen LogP contribution is 2.37. The minimum atomic E-state index is -1.94. The number of carbonyl (C=O) groups is 3. The number of anilines is 1. The van der Waals surface area contributed by atoms with Crippen LogP contribution in [0.1, 0.15) is 43.7 Å². The number of nitrogens with one attached hydrogen (secondary N) is 1. The van der Waals surface area contributed by atoms with Crippen molar-refractivity contribution in [3.8, 4) is 17.3 Å². The van der Waals surface area contributed by atoms with E-state index in [0.29, 0.717) is 34.6 Å². The number of rotatable bonds is 9. The van der Waals surface area contributed by atoms with Crippen LogP contribution in [0.2, 0.25) is 0 Å². The number of carboxylic acid groups (broad SMARTS) is 1. The zero-order chi connectivity index (χ0) is 35.5. The minimum absolute atomic E-state index is 0.0222. The second-order valence-corrected chi connectivity index (χ2v) is 12.4. The van der Waals surface area contributed by atoms with Crippen LogP contribution in [-0.4, -0.2) is 105 Å². The lowest BCUT2D eigenvalue weighted by Gasteiger charge is -2.37. The van der Waals surface area contributed by atoms with E-state index in [1.165, 1.54) is 15.8 Å². The molecule has 4 aromatic rings. The number of hydrogen-bond acceptors (Lipinski definition) is 12. The minimum Gasteiger partial charge on any atom is -0.479 e. The van der Waals surface area contributed by atoms with Crippen LogP contribution in [0, 0.1) is 17.2 Å². The van der Waals surface area contributed by atoms with Gasteiger partial charge in [0, 0.05) is 42.6 Å². The van der Waals surface area contributed by atoms with Crippen molar-refractivity contribution >= 4 is 34.8 Å². The number of fused-ring (bicyclic) bond motifs is 1. The van der Waals surface area contributed by atoms with Crippen molar-refractivity contribution in [2.45, 2.75) is 75.4 Å². The molecule has 1 saturated carbocycles. The van der Waals surface area contributed by atoms with E-state index < -0.39 is 48.8 Å². The molecule has 2 aliphatic rings. The molecule has 17 heteroatoms. The molecule has 262 valence electrons. The summed E-state index contributed by atoms with van der Waals surface area (Å²) < 4.78 is 13.3. The number of carbonyl (C=O) groups excluding carboxylic acids is 2. The molecule has 17 nitrogen and oxygen atoms in total. The first-order valence-electron chi connectivity index (χ1n) is 16.0. The molecule has 1 aromatic carbocycles. The van der Waals surface area contributed by atoms with Gasteiger partial charge in [0.05, 0.1) is 30.4 Å². The van der Waals surface area contributed by atoms with E-state index in [9.17, 15) is 40.1 Å². The fourth-order valence-electron chi connectivity index (χ4n) is 6.57. The maximum absolute atomic E-state index is 13.7. The average molecular weight is 689 g/mol. The number of carboxylic acids is 1. The number of amides is 2. The van der Waals surface area contributed by atoms with Gasteiger partial charge in [0.25, 0.3) is 0 Å². The Morgan fingerprint density at radius 3 is 2.62 bits per heavy atom. The summed E-state index contributed by atoms with van der Waals surface area (Å²) in [6.07, 6.45) is 0.571. The highest BCUT2D eigenvalue weighted by atomic mass is 16.7. The number of benzene rings is 1. The third kappa shape index (κ3) is 6.87. The van der Waals surface area contributed by atoms with Crippen molar-refractivity contribution < 1.29 is 44.3 Å². The molecule has 4 heterocycles. The molecule has 5 N–H and O–H groups in total. The summed E-state index contributed by atoms with van der Waals surface area (Å²) in [5.41, 5.74) is 2.44. The molecule has 1 aliphatic carbocycles. The first-order chi connectivity index (χ1) is 24.1. The second-order valence-electron chi connectivity index (χ2n) is 12.4. The number of aliphatic hydroxyl groups excluding tert-OH is 3. The molecule has 6 rings (SSSR count). The lowest BCUT2D eigenvalue weighted by molar-refractivity contribution is -0.277. The molecular formula is C33H36N8O9. The zero-order valence-electron chi connectivity index (χ0n) is 26.9. The van der Waals surface area contributed by atoms with Gasteiger partial charge < -0.3 is 34.8 Å². The molecule has 0 unspecified atom stereocenters. The van der Waals surface area contributed by atoms with Gasteiger partial charge in [-0.25, -0.2) is 24.4 Å².